The molecule has 0 saturated heterocycles. The van der Waals surface area contributed by atoms with E-state index in [1.165, 1.54) is 0 Å². The van der Waals surface area contributed by atoms with Gasteiger partial charge in [-0.1, -0.05) is 0 Å². The summed E-state index contributed by atoms with van der Waals surface area (Å²) < 4.78 is 1.60. The largest absolute Gasteiger partial charge is 0.357 e. The minimum atomic E-state index is 0.679. The molecule has 0 aliphatic carbocycles. The summed E-state index contributed by atoms with van der Waals surface area (Å²) in [7, 11) is 1.79. The zero-order chi connectivity index (χ0) is 8.55. The van der Waals surface area contributed by atoms with E-state index < -0.39 is 0 Å². The van der Waals surface area contributed by atoms with Gasteiger partial charge in [0.15, 0.2) is 5.65 Å². The van der Waals surface area contributed by atoms with Crippen molar-refractivity contribution < 1.29 is 0 Å². The van der Waals surface area contributed by atoms with Gasteiger partial charge in [-0.15, -0.1) is 0 Å². The van der Waals surface area contributed by atoms with Crippen LogP contribution in [0.15, 0.2) is 6.20 Å². The van der Waals surface area contributed by atoms with Gasteiger partial charge in [0.05, 0.1) is 12.3 Å². The number of rotatable bonds is 1. The molecule has 0 saturated carbocycles. The molecular weight excluding hydrogens is 154 g/mol. The van der Waals surface area contributed by atoms with E-state index in [9.17, 15) is 0 Å². The number of anilines is 1. The Hall–Kier alpha value is -1.65. The Morgan fingerprint density at radius 3 is 3.08 bits per heavy atom. The van der Waals surface area contributed by atoms with Crippen LogP contribution in [0.25, 0.3) is 5.65 Å². The predicted octanol–water partition coefficient (Wildman–Crippen LogP) is 0.275. The van der Waals surface area contributed by atoms with E-state index in [1.807, 2.05) is 6.92 Å². The number of aromatic nitrogens is 4. The maximum atomic E-state index is 4.15. The first-order chi connectivity index (χ1) is 5.81. The highest BCUT2D eigenvalue weighted by molar-refractivity contribution is 5.41. The van der Waals surface area contributed by atoms with Gasteiger partial charge in [0.25, 0.3) is 0 Å². The molecule has 5 nitrogen and oxygen atoms in total. The van der Waals surface area contributed by atoms with Gasteiger partial charge in [0.1, 0.15) is 5.82 Å². The lowest BCUT2D eigenvalue weighted by Crippen LogP contribution is -2.05. The molecule has 0 atom stereocenters. The molecule has 1 radical (unpaired) electrons. The average molecular weight is 162 g/mol. The van der Waals surface area contributed by atoms with E-state index in [4.69, 9.17) is 0 Å². The van der Waals surface area contributed by atoms with E-state index in [1.54, 1.807) is 17.8 Å². The minimum absolute atomic E-state index is 0.679. The van der Waals surface area contributed by atoms with Crippen molar-refractivity contribution in [1.29, 1.82) is 0 Å². The van der Waals surface area contributed by atoms with Crippen molar-refractivity contribution in [3.8, 4) is 0 Å². The summed E-state index contributed by atoms with van der Waals surface area (Å²) >= 11 is 0. The molecule has 0 aromatic carbocycles. The van der Waals surface area contributed by atoms with Crippen LogP contribution >= 0.6 is 0 Å². The molecule has 2 aromatic heterocycles. The van der Waals surface area contributed by atoms with E-state index in [2.05, 4.69) is 26.4 Å². The van der Waals surface area contributed by atoms with Crippen LogP contribution in [-0.2, 0) is 0 Å². The molecule has 12 heavy (non-hydrogen) atoms. The molecule has 0 fully saturated rings. The molecule has 0 bridgehead atoms. The second-order valence-electron chi connectivity index (χ2n) is 2.37. The summed E-state index contributed by atoms with van der Waals surface area (Å²) in [5.74, 6) is 1.39. The van der Waals surface area contributed by atoms with Gasteiger partial charge in [-0.05, 0) is 6.92 Å². The Kier molecular flexibility index (Phi) is 1.43. The van der Waals surface area contributed by atoms with Crippen LogP contribution in [0.2, 0.25) is 0 Å². The summed E-state index contributed by atoms with van der Waals surface area (Å²) in [4.78, 5) is 8.29. The summed E-state index contributed by atoms with van der Waals surface area (Å²) in [6.07, 6.45) is 1.57. The fourth-order valence-electron chi connectivity index (χ4n) is 1.04. The molecule has 5 heteroatoms. The molecule has 0 aliphatic rings. The third-order valence-electron chi connectivity index (χ3n) is 1.53. The quantitative estimate of drug-likeness (QED) is 0.654. The fraction of sp³-hybridized carbons (Fsp3) is 0.286. The highest BCUT2D eigenvalue weighted by atomic mass is 15.3. The topological polar surface area (TPSA) is 55.1 Å². The molecule has 2 heterocycles. The maximum absolute atomic E-state index is 4.15. The van der Waals surface area contributed by atoms with Crippen LogP contribution in [0.1, 0.15) is 5.82 Å². The average Bonchev–Trinajstić information content (AvgIpc) is 2.50. The predicted molar refractivity (Wildman–Crippen MR) is 43.9 cm³/mol. The first-order valence-corrected chi connectivity index (χ1v) is 3.59. The molecule has 0 spiro atoms. The van der Waals surface area contributed by atoms with E-state index in [0.29, 0.717) is 17.4 Å². The standard InChI is InChI=1S/C7H8N5/c1-5-10-6-3-4-9-12(6)7(8-2)11-5/h4H,1-2H3,(H,8,10,11). The number of fused-ring (bicyclic) bond motifs is 1. The van der Waals surface area contributed by atoms with Gasteiger partial charge in [-0.3, -0.25) is 0 Å². The van der Waals surface area contributed by atoms with Gasteiger partial charge in [-0.2, -0.15) is 14.6 Å². The lowest BCUT2D eigenvalue weighted by atomic mass is 10.6. The second-order valence-corrected chi connectivity index (χ2v) is 2.37. The van der Waals surface area contributed by atoms with Gasteiger partial charge in [0.2, 0.25) is 5.95 Å². The van der Waals surface area contributed by atoms with Crippen molar-refractivity contribution in [3.63, 3.8) is 0 Å². The first-order valence-electron chi connectivity index (χ1n) is 3.59. The lowest BCUT2D eigenvalue weighted by Gasteiger charge is -2.01. The van der Waals surface area contributed by atoms with Gasteiger partial charge < -0.3 is 5.32 Å². The van der Waals surface area contributed by atoms with Crippen LogP contribution in [0.5, 0.6) is 0 Å². The second kappa shape index (κ2) is 2.44. The minimum Gasteiger partial charge on any atom is -0.357 e. The molecule has 61 valence electrons. The van der Waals surface area contributed by atoms with Crippen LogP contribution in [0.3, 0.4) is 0 Å². The van der Waals surface area contributed by atoms with Crippen LogP contribution < -0.4 is 5.32 Å². The summed E-state index contributed by atoms with van der Waals surface area (Å²) in [6, 6.07) is 2.90. The van der Waals surface area contributed by atoms with Gasteiger partial charge in [0, 0.05) is 7.05 Å². The van der Waals surface area contributed by atoms with Gasteiger partial charge >= 0.3 is 0 Å². The van der Waals surface area contributed by atoms with Crippen LogP contribution in [-0.4, -0.2) is 26.6 Å². The first kappa shape index (κ1) is 7.02. The fourth-order valence-corrected chi connectivity index (χ4v) is 1.04. The highest BCUT2D eigenvalue weighted by Gasteiger charge is 2.02. The number of aryl methyl sites for hydroxylation is 1. The smallest absolute Gasteiger partial charge is 0.227 e. The SMILES string of the molecule is CNc1nc(C)nc2[c]cnn12. The normalized spacial score (nSPS) is 10.5. The molecular formula is C7H8N5. The van der Waals surface area contributed by atoms with Crippen molar-refractivity contribution in [2.24, 2.45) is 0 Å². The van der Waals surface area contributed by atoms with Crippen molar-refractivity contribution >= 4 is 11.6 Å². The molecule has 2 rings (SSSR count). The van der Waals surface area contributed by atoms with Gasteiger partial charge in [-0.25, -0.2) is 4.98 Å². The van der Waals surface area contributed by atoms with Crippen molar-refractivity contribution in [2.45, 2.75) is 6.92 Å². The molecule has 1 N–H and O–H groups in total. The summed E-state index contributed by atoms with van der Waals surface area (Å²) in [5, 5.41) is 6.93. The Labute approximate surface area is 69.5 Å². The van der Waals surface area contributed by atoms with Crippen molar-refractivity contribution in [3.05, 3.63) is 18.1 Å². The summed E-state index contributed by atoms with van der Waals surface area (Å²) in [6.45, 7) is 1.84. The Morgan fingerprint density at radius 2 is 2.33 bits per heavy atom. The van der Waals surface area contributed by atoms with E-state index in [0.717, 1.165) is 0 Å². The van der Waals surface area contributed by atoms with Crippen molar-refractivity contribution in [1.82, 2.24) is 19.6 Å². The Bertz CT molecular complexity index is 405. The van der Waals surface area contributed by atoms with Crippen molar-refractivity contribution in [2.75, 3.05) is 12.4 Å². The zero-order valence-electron chi connectivity index (χ0n) is 6.87. The zero-order valence-corrected chi connectivity index (χ0v) is 6.87. The monoisotopic (exact) mass is 162 g/mol. The third kappa shape index (κ3) is 0.903. The molecule has 0 aliphatic heterocycles. The Balaban J connectivity index is 2.80. The number of nitrogens with one attached hydrogen (secondary N) is 1. The summed E-state index contributed by atoms with van der Waals surface area (Å²) in [5.41, 5.74) is 0.687. The third-order valence-corrected chi connectivity index (χ3v) is 1.53. The molecule has 2 aromatic rings. The van der Waals surface area contributed by atoms with E-state index in [-0.39, 0.29) is 0 Å². The van der Waals surface area contributed by atoms with E-state index >= 15 is 0 Å². The Morgan fingerprint density at radius 1 is 1.50 bits per heavy atom. The number of nitrogens with zero attached hydrogens (tertiary/aromatic N) is 4. The molecule has 0 amide bonds. The maximum Gasteiger partial charge on any atom is 0.227 e. The number of hydrogen-bond donors (Lipinski definition) is 1. The number of hydrogen-bond acceptors (Lipinski definition) is 4. The lowest BCUT2D eigenvalue weighted by molar-refractivity contribution is 0.877. The van der Waals surface area contributed by atoms with Crippen LogP contribution in [0, 0.1) is 13.0 Å². The van der Waals surface area contributed by atoms with Crippen LogP contribution in [0.4, 0.5) is 5.95 Å². The highest BCUT2D eigenvalue weighted by Crippen LogP contribution is 2.04. The molecule has 0 unspecified atom stereocenters.